The highest BCUT2D eigenvalue weighted by atomic mass is 79.9. The first kappa shape index (κ1) is 24.5. The van der Waals surface area contributed by atoms with E-state index in [0.29, 0.717) is 26.1 Å². The average molecular weight is 484 g/mol. The fourth-order valence-electron chi connectivity index (χ4n) is 3.16. The lowest BCUT2D eigenvalue weighted by molar-refractivity contribution is 0.0145. The molecule has 2 N–H and O–H groups in total. The SMILES string of the molecule is CC(C)(C)OC(=O)NCC[C@@H]1CN(C(=O)OC(C)(C)C)C[C@@H](c2ccc(Br)cc2)N1. The van der Waals surface area contributed by atoms with Gasteiger partial charge in [0.15, 0.2) is 0 Å². The summed E-state index contributed by atoms with van der Waals surface area (Å²) in [5.74, 6) is 0. The molecule has 0 spiro atoms. The van der Waals surface area contributed by atoms with Crippen molar-refractivity contribution in [1.82, 2.24) is 15.5 Å². The lowest BCUT2D eigenvalue weighted by Crippen LogP contribution is -2.55. The number of carbonyl (C=O) groups is 2. The molecule has 0 aromatic heterocycles. The fourth-order valence-corrected chi connectivity index (χ4v) is 3.42. The van der Waals surface area contributed by atoms with Gasteiger partial charge in [0, 0.05) is 30.1 Å². The molecule has 0 unspecified atom stereocenters. The van der Waals surface area contributed by atoms with Crippen molar-refractivity contribution < 1.29 is 19.1 Å². The van der Waals surface area contributed by atoms with Gasteiger partial charge in [0.25, 0.3) is 0 Å². The van der Waals surface area contributed by atoms with Crippen LogP contribution in [-0.4, -0.2) is 54.0 Å². The van der Waals surface area contributed by atoms with Crippen LogP contribution in [0.4, 0.5) is 9.59 Å². The Morgan fingerprint density at radius 2 is 1.67 bits per heavy atom. The molecule has 0 aliphatic carbocycles. The molecule has 30 heavy (non-hydrogen) atoms. The smallest absolute Gasteiger partial charge is 0.410 e. The molecular weight excluding hydrogens is 450 g/mol. The molecule has 2 amide bonds. The molecule has 0 bridgehead atoms. The van der Waals surface area contributed by atoms with Gasteiger partial charge in [-0.3, -0.25) is 0 Å². The number of hydrogen-bond acceptors (Lipinski definition) is 5. The van der Waals surface area contributed by atoms with Crippen LogP contribution in [0.15, 0.2) is 28.7 Å². The molecule has 8 heteroatoms. The molecule has 1 heterocycles. The summed E-state index contributed by atoms with van der Waals surface area (Å²) < 4.78 is 11.9. The van der Waals surface area contributed by atoms with Crippen LogP contribution in [0.25, 0.3) is 0 Å². The van der Waals surface area contributed by atoms with Gasteiger partial charge in [-0.2, -0.15) is 0 Å². The summed E-state index contributed by atoms with van der Waals surface area (Å²) in [7, 11) is 0. The largest absolute Gasteiger partial charge is 0.444 e. The zero-order valence-electron chi connectivity index (χ0n) is 18.8. The molecule has 1 aromatic rings. The van der Waals surface area contributed by atoms with Gasteiger partial charge in [-0.25, -0.2) is 9.59 Å². The molecule has 7 nitrogen and oxygen atoms in total. The summed E-state index contributed by atoms with van der Waals surface area (Å²) in [6, 6.07) is 8.04. The zero-order valence-corrected chi connectivity index (χ0v) is 20.3. The topological polar surface area (TPSA) is 79.9 Å². The second-order valence-electron chi connectivity index (χ2n) is 9.57. The van der Waals surface area contributed by atoms with Crippen molar-refractivity contribution in [3.63, 3.8) is 0 Å². The molecule has 1 saturated heterocycles. The monoisotopic (exact) mass is 483 g/mol. The van der Waals surface area contributed by atoms with E-state index in [4.69, 9.17) is 9.47 Å². The maximum absolute atomic E-state index is 12.7. The van der Waals surface area contributed by atoms with E-state index in [0.717, 1.165) is 10.0 Å². The zero-order chi connectivity index (χ0) is 22.5. The molecular formula is C22H34BrN3O4. The Kier molecular flexibility index (Phi) is 8.16. The van der Waals surface area contributed by atoms with Crippen LogP contribution in [0.5, 0.6) is 0 Å². The van der Waals surface area contributed by atoms with Crippen molar-refractivity contribution in [2.24, 2.45) is 0 Å². The number of amides is 2. The lowest BCUT2D eigenvalue weighted by atomic mass is 10.0. The van der Waals surface area contributed by atoms with Crippen molar-refractivity contribution in [1.29, 1.82) is 0 Å². The number of nitrogens with one attached hydrogen (secondary N) is 2. The van der Waals surface area contributed by atoms with Crippen molar-refractivity contribution in [3.05, 3.63) is 34.3 Å². The third kappa shape index (κ3) is 8.52. The number of carbonyl (C=O) groups excluding carboxylic acids is 2. The molecule has 2 rings (SSSR count). The first-order chi connectivity index (χ1) is 13.8. The minimum atomic E-state index is -0.553. The molecule has 0 radical (unpaired) electrons. The van der Waals surface area contributed by atoms with Crippen molar-refractivity contribution in [2.75, 3.05) is 19.6 Å². The van der Waals surface area contributed by atoms with Crippen molar-refractivity contribution in [3.8, 4) is 0 Å². The van der Waals surface area contributed by atoms with Crippen LogP contribution in [-0.2, 0) is 9.47 Å². The molecule has 1 aliphatic heterocycles. The summed E-state index contributed by atoms with van der Waals surface area (Å²) >= 11 is 3.46. The van der Waals surface area contributed by atoms with Crippen molar-refractivity contribution in [2.45, 2.75) is 71.2 Å². The van der Waals surface area contributed by atoms with Crippen LogP contribution in [0.3, 0.4) is 0 Å². The van der Waals surface area contributed by atoms with Gasteiger partial charge in [0.05, 0.1) is 6.04 Å². The minimum absolute atomic E-state index is 0.00912. The van der Waals surface area contributed by atoms with Gasteiger partial charge in [-0.1, -0.05) is 28.1 Å². The summed E-state index contributed by atoms with van der Waals surface area (Å²) in [4.78, 5) is 26.4. The first-order valence-electron chi connectivity index (χ1n) is 10.3. The second kappa shape index (κ2) is 10.0. The van der Waals surface area contributed by atoms with Crippen LogP contribution in [0.2, 0.25) is 0 Å². The first-order valence-corrected chi connectivity index (χ1v) is 11.1. The third-order valence-corrected chi connectivity index (χ3v) is 4.89. The number of alkyl carbamates (subject to hydrolysis) is 1. The van der Waals surface area contributed by atoms with Gasteiger partial charge in [-0.05, 0) is 65.7 Å². The predicted octanol–water partition coefficient (Wildman–Crippen LogP) is 4.61. The van der Waals surface area contributed by atoms with Crippen LogP contribution >= 0.6 is 15.9 Å². The maximum Gasteiger partial charge on any atom is 0.410 e. The Morgan fingerprint density at radius 1 is 1.07 bits per heavy atom. The molecule has 1 aliphatic rings. The highest BCUT2D eigenvalue weighted by molar-refractivity contribution is 9.10. The number of hydrogen-bond donors (Lipinski definition) is 2. The Morgan fingerprint density at radius 3 is 2.23 bits per heavy atom. The number of benzene rings is 1. The molecule has 2 atom stereocenters. The van der Waals surface area contributed by atoms with Crippen LogP contribution in [0.1, 0.15) is 59.6 Å². The Labute approximate surface area is 188 Å². The highest BCUT2D eigenvalue weighted by Crippen LogP contribution is 2.24. The Bertz CT molecular complexity index is 725. The highest BCUT2D eigenvalue weighted by Gasteiger charge is 2.32. The van der Waals surface area contributed by atoms with Crippen LogP contribution < -0.4 is 10.6 Å². The third-order valence-electron chi connectivity index (χ3n) is 4.37. The molecule has 168 valence electrons. The summed E-state index contributed by atoms with van der Waals surface area (Å²) in [5, 5.41) is 6.39. The minimum Gasteiger partial charge on any atom is -0.444 e. The van der Waals surface area contributed by atoms with E-state index in [2.05, 4.69) is 26.6 Å². The summed E-state index contributed by atoms with van der Waals surface area (Å²) in [6.07, 6.45) is -0.103. The number of nitrogens with zero attached hydrogens (tertiary/aromatic N) is 1. The lowest BCUT2D eigenvalue weighted by Gasteiger charge is -2.39. The quantitative estimate of drug-likeness (QED) is 0.653. The van der Waals surface area contributed by atoms with Gasteiger partial charge in [0.1, 0.15) is 11.2 Å². The standard InChI is InChI=1S/C22H34BrN3O4/c1-21(2,3)29-19(27)24-12-11-17-13-26(20(28)30-22(4,5)6)14-18(25-17)15-7-9-16(23)10-8-15/h7-10,17-18,25H,11-14H2,1-6H3,(H,24,27)/t17-,18+/m1/s1. The molecule has 1 fully saturated rings. The Balaban J connectivity index is 2.03. The second-order valence-corrected chi connectivity index (χ2v) is 10.5. The van der Waals surface area contributed by atoms with E-state index >= 15 is 0 Å². The van der Waals surface area contributed by atoms with Gasteiger partial charge in [-0.15, -0.1) is 0 Å². The number of rotatable bonds is 4. The van der Waals surface area contributed by atoms with E-state index in [9.17, 15) is 9.59 Å². The fraction of sp³-hybridized carbons (Fsp3) is 0.636. The van der Waals surface area contributed by atoms with Crippen molar-refractivity contribution >= 4 is 28.1 Å². The maximum atomic E-state index is 12.7. The van der Waals surface area contributed by atoms with E-state index in [1.54, 1.807) is 4.90 Å². The summed E-state index contributed by atoms with van der Waals surface area (Å²) in [6.45, 7) is 12.6. The number of ether oxygens (including phenoxy) is 2. The number of piperazine rings is 1. The van der Waals surface area contributed by atoms with E-state index in [1.807, 2.05) is 65.8 Å². The van der Waals surface area contributed by atoms with Crippen LogP contribution in [0, 0.1) is 0 Å². The predicted molar refractivity (Wildman–Crippen MR) is 120 cm³/mol. The van der Waals surface area contributed by atoms with Gasteiger partial charge in [0.2, 0.25) is 0 Å². The Hall–Kier alpha value is -1.80. The summed E-state index contributed by atoms with van der Waals surface area (Å²) in [5.41, 5.74) is 0.00693. The van der Waals surface area contributed by atoms with Gasteiger partial charge >= 0.3 is 12.2 Å². The van der Waals surface area contributed by atoms with E-state index in [1.165, 1.54) is 0 Å². The average Bonchev–Trinajstić information content (AvgIpc) is 2.59. The van der Waals surface area contributed by atoms with E-state index < -0.39 is 17.3 Å². The molecule has 1 aromatic carbocycles. The van der Waals surface area contributed by atoms with Gasteiger partial charge < -0.3 is 25.0 Å². The van der Waals surface area contributed by atoms with E-state index in [-0.39, 0.29) is 18.2 Å². The molecule has 0 saturated carbocycles. The number of halogens is 1. The normalized spacial score (nSPS) is 19.9.